The molecular weight excluding hydrogens is 372 g/mol. The van der Waals surface area contributed by atoms with Gasteiger partial charge >= 0.3 is 0 Å². The Bertz CT molecular complexity index is 1130. The number of hydrogen-bond acceptors (Lipinski definition) is 3. The fourth-order valence-corrected chi connectivity index (χ4v) is 6.10. The average Bonchev–Trinajstić information content (AvgIpc) is 2.65. The molecule has 156 valence electrons. The molecule has 3 aliphatic rings. The van der Waals surface area contributed by atoms with Gasteiger partial charge in [-0.3, -0.25) is 4.79 Å². The molecule has 0 amide bonds. The molecule has 3 unspecified atom stereocenters. The highest BCUT2D eigenvalue weighted by Gasteiger charge is 2.61. The summed E-state index contributed by atoms with van der Waals surface area (Å²) < 4.78 is 13.4. The van der Waals surface area contributed by atoms with Gasteiger partial charge < -0.3 is 9.47 Å². The van der Waals surface area contributed by atoms with Gasteiger partial charge in [0.2, 0.25) is 5.78 Å². The van der Waals surface area contributed by atoms with Crippen LogP contribution >= 0.6 is 0 Å². The first-order valence-electron chi connectivity index (χ1n) is 11.0. The lowest BCUT2D eigenvalue weighted by molar-refractivity contribution is -0.151. The van der Waals surface area contributed by atoms with Crippen molar-refractivity contribution in [2.45, 2.75) is 72.0 Å². The van der Waals surface area contributed by atoms with E-state index in [4.69, 9.17) is 9.47 Å². The minimum atomic E-state index is -0.879. The van der Waals surface area contributed by atoms with E-state index >= 15 is 0 Å². The van der Waals surface area contributed by atoms with Gasteiger partial charge in [-0.15, -0.1) is 0 Å². The zero-order valence-corrected chi connectivity index (χ0v) is 18.8. The lowest BCUT2D eigenvalue weighted by Gasteiger charge is -2.54. The van der Waals surface area contributed by atoms with Crippen LogP contribution in [0, 0.1) is 33.6 Å². The van der Waals surface area contributed by atoms with E-state index < -0.39 is 11.2 Å². The quantitative estimate of drug-likeness (QED) is 0.582. The van der Waals surface area contributed by atoms with Crippen molar-refractivity contribution in [3.8, 4) is 11.5 Å². The molecule has 3 heteroatoms. The lowest BCUT2D eigenvalue weighted by atomic mass is 9.61. The lowest BCUT2D eigenvalue weighted by Crippen LogP contribution is -2.65. The topological polar surface area (TPSA) is 35.5 Å². The molecule has 0 radical (unpaired) electrons. The van der Waals surface area contributed by atoms with Gasteiger partial charge in [-0.05, 0) is 106 Å². The van der Waals surface area contributed by atoms with Gasteiger partial charge in [-0.1, -0.05) is 23.8 Å². The third-order valence-corrected chi connectivity index (χ3v) is 7.36. The summed E-state index contributed by atoms with van der Waals surface area (Å²) in [5, 5.41) is 0. The van der Waals surface area contributed by atoms with Crippen LogP contribution in [-0.2, 0) is 17.6 Å². The van der Waals surface area contributed by atoms with Gasteiger partial charge in [-0.25, -0.2) is 0 Å². The van der Waals surface area contributed by atoms with Gasteiger partial charge in [0.1, 0.15) is 17.1 Å². The summed E-state index contributed by atoms with van der Waals surface area (Å²) in [6.45, 7) is 12.5. The van der Waals surface area contributed by atoms with Crippen molar-refractivity contribution in [2.75, 3.05) is 0 Å². The van der Waals surface area contributed by atoms with Crippen LogP contribution in [0.5, 0.6) is 11.5 Å². The van der Waals surface area contributed by atoms with E-state index in [1.54, 1.807) is 0 Å². The molecule has 1 spiro atoms. The number of ether oxygens (including phenoxy) is 2. The summed E-state index contributed by atoms with van der Waals surface area (Å²) in [5.74, 6) is 1.89. The first-order chi connectivity index (χ1) is 14.1. The van der Waals surface area contributed by atoms with Gasteiger partial charge in [0.25, 0.3) is 0 Å². The zero-order chi connectivity index (χ0) is 21.4. The van der Waals surface area contributed by atoms with Crippen molar-refractivity contribution in [1.82, 2.24) is 0 Å². The normalized spacial score (nSPS) is 29.3. The van der Waals surface area contributed by atoms with Gasteiger partial charge in [0, 0.05) is 0 Å². The highest BCUT2D eigenvalue weighted by atomic mass is 16.5. The Kier molecular flexibility index (Phi) is 4.03. The van der Waals surface area contributed by atoms with Crippen molar-refractivity contribution in [3.05, 3.63) is 69.3 Å². The van der Waals surface area contributed by atoms with Crippen LogP contribution in [0.15, 0.2) is 35.9 Å². The summed E-state index contributed by atoms with van der Waals surface area (Å²) in [6.07, 6.45) is 4.36. The molecule has 0 saturated heterocycles. The number of carbonyl (C=O) groups is 1. The van der Waals surface area contributed by atoms with E-state index in [1.807, 2.05) is 13.0 Å². The highest BCUT2D eigenvalue weighted by molar-refractivity contribution is 6.03. The number of carbonyl (C=O) groups excluding carboxylic acids is 1. The van der Waals surface area contributed by atoms with Crippen molar-refractivity contribution < 1.29 is 14.3 Å². The van der Waals surface area contributed by atoms with Crippen LogP contribution in [0.25, 0.3) is 0 Å². The van der Waals surface area contributed by atoms with Crippen molar-refractivity contribution in [1.29, 1.82) is 0 Å². The highest BCUT2D eigenvalue weighted by Crippen LogP contribution is 2.53. The smallest absolute Gasteiger partial charge is 0.202 e. The zero-order valence-electron chi connectivity index (χ0n) is 18.8. The molecule has 0 bridgehead atoms. The van der Waals surface area contributed by atoms with Gasteiger partial charge in [0.05, 0.1) is 5.92 Å². The second-order valence-electron chi connectivity index (χ2n) is 9.82. The molecule has 0 aromatic heterocycles. The molecule has 2 aromatic carbocycles. The van der Waals surface area contributed by atoms with Crippen LogP contribution in [0.2, 0.25) is 0 Å². The molecule has 2 heterocycles. The fraction of sp³-hybridized carbons (Fsp3) is 0.444. The minimum absolute atomic E-state index is 0.0658. The largest absolute Gasteiger partial charge is 0.483 e. The van der Waals surface area contributed by atoms with Crippen molar-refractivity contribution in [3.63, 3.8) is 0 Å². The van der Waals surface area contributed by atoms with Crippen LogP contribution in [-0.4, -0.2) is 17.0 Å². The maximum Gasteiger partial charge on any atom is 0.202 e. The number of rotatable bonds is 0. The Morgan fingerprint density at radius 3 is 2.40 bits per heavy atom. The standard InChI is InChI=1S/C27H30O3/c1-15-10-18(4)24-20(11-15)7-8-27(30-24)23-13-21-17(3)9-16(2)12-22(21)29-26(23,6)14-19(5)25(27)28/h9-12,14,23H,7-8,13H2,1-6H3. The molecule has 0 saturated carbocycles. The Balaban J connectivity index is 1.68. The molecule has 0 fully saturated rings. The second kappa shape index (κ2) is 6.23. The number of hydrogen-bond donors (Lipinski definition) is 0. The Hall–Kier alpha value is -2.55. The summed E-state index contributed by atoms with van der Waals surface area (Å²) in [7, 11) is 0. The van der Waals surface area contributed by atoms with Crippen LogP contribution < -0.4 is 9.47 Å². The van der Waals surface area contributed by atoms with E-state index in [1.165, 1.54) is 27.8 Å². The van der Waals surface area contributed by atoms with E-state index in [0.717, 1.165) is 35.5 Å². The van der Waals surface area contributed by atoms with Crippen molar-refractivity contribution in [2.24, 2.45) is 5.92 Å². The Labute approximate surface area is 179 Å². The number of aryl methyl sites for hydroxylation is 5. The monoisotopic (exact) mass is 402 g/mol. The van der Waals surface area contributed by atoms with E-state index in [0.29, 0.717) is 6.42 Å². The van der Waals surface area contributed by atoms with Crippen LogP contribution in [0.1, 0.15) is 53.6 Å². The molecule has 2 aromatic rings. The molecule has 3 nitrogen and oxygen atoms in total. The van der Waals surface area contributed by atoms with E-state index in [2.05, 4.69) is 58.9 Å². The SMILES string of the molecule is CC1=CC2(C)Oc3cc(C)cc(C)c3CC2C2(CCc3cc(C)cc(C)c3O2)C1=O. The van der Waals surface area contributed by atoms with E-state index in [9.17, 15) is 4.79 Å². The van der Waals surface area contributed by atoms with Crippen LogP contribution in [0.4, 0.5) is 0 Å². The summed E-state index contributed by atoms with van der Waals surface area (Å²) in [6, 6.07) is 8.67. The number of Topliss-reactive ketones (excluding diaryl/α,β-unsaturated/α-hetero) is 1. The third kappa shape index (κ3) is 2.60. The minimum Gasteiger partial charge on any atom is -0.483 e. The number of ketones is 1. The summed E-state index contributed by atoms with van der Waals surface area (Å²) in [5.41, 5.74) is 6.49. The molecule has 3 atom stereocenters. The second-order valence-corrected chi connectivity index (χ2v) is 9.82. The summed E-state index contributed by atoms with van der Waals surface area (Å²) >= 11 is 0. The maximum absolute atomic E-state index is 13.7. The predicted octanol–water partition coefficient (Wildman–Crippen LogP) is 5.52. The number of benzene rings is 2. The molecule has 2 aliphatic heterocycles. The Morgan fingerprint density at radius 2 is 1.63 bits per heavy atom. The maximum atomic E-state index is 13.7. The molecule has 5 rings (SSSR count). The van der Waals surface area contributed by atoms with Crippen LogP contribution in [0.3, 0.4) is 0 Å². The van der Waals surface area contributed by atoms with E-state index in [-0.39, 0.29) is 11.7 Å². The van der Waals surface area contributed by atoms with Crippen molar-refractivity contribution >= 4 is 5.78 Å². The third-order valence-electron chi connectivity index (χ3n) is 7.36. The molecule has 30 heavy (non-hydrogen) atoms. The molecular formula is C27H30O3. The number of fused-ring (bicyclic) bond motifs is 4. The van der Waals surface area contributed by atoms with Gasteiger partial charge in [0.15, 0.2) is 5.60 Å². The average molecular weight is 403 g/mol. The fourth-order valence-electron chi connectivity index (χ4n) is 6.10. The van der Waals surface area contributed by atoms with Gasteiger partial charge in [-0.2, -0.15) is 0 Å². The first-order valence-corrected chi connectivity index (χ1v) is 11.0. The molecule has 0 N–H and O–H groups in total. The molecule has 1 aliphatic carbocycles. The first kappa shape index (κ1) is 19.4. The Morgan fingerprint density at radius 1 is 0.933 bits per heavy atom. The predicted molar refractivity (Wildman–Crippen MR) is 119 cm³/mol. The summed E-state index contributed by atoms with van der Waals surface area (Å²) in [4.78, 5) is 13.7.